The number of phenolic OH excluding ortho intramolecular Hbond substituents is 2. The first-order chi connectivity index (χ1) is 8.52. The minimum Gasteiger partial charge on any atom is -0.813 e. The van der Waals surface area contributed by atoms with E-state index in [-0.39, 0.29) is 59.1 Å². The molecule has 2 rings (SSSR count). The Hall–Kier alpha value is 0.190. The van der Waals surface area contributed by atoms with E-state index in [1.165, 1.54) is 0 Å². The van der Waals surface area contributed by atoms with E-state index in [1.807, 2.05) is 12.1 Å². The van der Waals surface area contributed by atoms with Crippen molar-refractivity contribution in [2.75, 3.05) is 0 Å². The first-order valence-corrected chi connectivity index (χ1v) is 6.11. The summed E-state index contributed by atoms with van der Waals surface area (Å²) in [7, 11) is -3.63. The Morgan fingerprint density at radius 1 is 0.700 bits per heavy atom. The normalized spacial score (nSPS) is 7.75. The Morgan fingerprint density at radius 2 is 0.900 bits per heavy atom. The summed E-state index contributed by atoms with van der Waals surface area (Å²) in [5.74, 6) is 0.644. The van der Waals surface area contributed by atoms with Crippen LogP contribution in [0.1, 0.15) is 0 Å². The van der Waals surface area contributed by atoms with E-state index in [9.17, 15) is 0 Å². The molecule has 0 atom stereocenters. The van der Waals surface area contributed by atoms with Crippen LogP contribution in [0.3, 0.4) is 0 Å². The molecule has 20 heavy (non-hydrogen) atoms. The second-order valence-electron chi connectivity index (χ2n) is 2.92. The Kier molecular flexibility index (Phi) is 21.7. The Labute approximate surface area is 162 Å². The van der Waals surface area contributed by atoms with E-state index >= 15 is 0 Å². The summed E-state index contributed by atoms with van der Waals surface area (Å²) in [6.45, 7) is 0. The summed E-state index contributed by atoms with van der Waals surface area (Å²) >= 11 is 0. The van der Waals surface area contributed by atoms with Crippen LogP contribution in [0.5, 0.6) is 11.5 Å². The van der Waals surface area contributed by atoms with Gasteiger partial charge in [0, 0.05) is 0 Å². The number of benzene rings is 2. The van der Waals surface area contributed by atoms with Gasteiger partial charge in [0.25, 0.3) is 0 Å². The van der Waals surface area contributed by atoms with Crippen molar-refractivity contribution in [3.8, 4) is 11.5 Å². The van der Waals surface area contributed by atoms with Crippen molar-refractivity contribution < 1.29 is 83.7 Å². The van der Waals surface area contributed by atoms with Crippen LogP contribution in [0.4, 0.5) is 0 Å². The van der Waals surface area contributed by atoms with Crippen LogP contribution in [-0.4, -0.2) is 10.2 Å². The molecule has 0 saturated carbocycles. The summed E-state index contributed by atoms with van der Waals surface area (Å²) in [5, 5.41) is 17.3. The summed E-state index contributed by atoms with van der Waals surface area (Å²) < 4.78 is 8.52. The second-order valence-corrected chi connectivity index (χ2v) is 3.42. The third kappa shape index (κ3) is 20.5. The van der Waals surface area contributed by atoms with Gasteiger partial charge < -0.3 is 24.6 Å². The van der Waals surface area contributed by atoms with Gasteiger partial charge in [0.2, 0.25) is 0 Å². The molecule has 0 bridgehead atoms. The van der Waals surface area contributed by atoms with Crippen LogP contribution in [0.15, 0.2) is 60.7 Å². The molecule has 0 aromatic heterocycles. The molecule has 5 nitrogen and oxygen atoms in total. The third-order valence-corrected chi connectivity index (χ3v) is 1.51. The SMILES string of the molecule is O=[PH]([O-])[O-].Oc1ccccc1.Oc1ccccc1.[Na+].[Na+]. The quantitative estimate of drug-likeness (QED) is 0.374. The predicted octanol–water partition coefficient (Wildman–Crippen LogP) is -5.11. The van der Waals surface area contributed by atoms with E-state index < -0.39 is 8.25 Å². The van der Waals surface area contributed by atoms with Gasteiger partial charge in [0.1, 0.15) is 11.5 Å². The van der Waals surface area contributed by atoms with Gasteiger partial charge in [-0.25, -0.2) is 0 Å². The van der Waals surface area contributed by atoms with Crippen molar-refractivity contribution >= 4 is 8.25 Å². The fourth-order valence-electron chi connectivity index (χ4n) is 0.856. The summed E-state index contributed by atoms with van der Waals surface area (Å²) in [6.07, 6.45) is 0. The van der Waals surface area contributed by atoms with Gasteiger partial charge in [-0.15, -0.1) is 0 Å². The summed E-state index contributed by atoms with van der Waals surface area (Å²) in [5.41, 5.74) is 0. The number of hydrogen-bond donors (Lipinski definition) is 2. The molecule has 0 amide bonds. The maximum absolute atomic E-state index is 8.63. The van der Waals surface area contributed by atoms with E-state index in [2.05, 4.69) is 0 Å². The Balaban J connectivity index is -0.000000215. The van der Waals surface area contributed by atoms with E-state index in [0.29, 0.717) is 11.5 Å². The largest absolute Gasteiger partial charge is 1.00 e. The topological polar surface area (TPSA) is 104 Å². The van der Waals surface area contributed by atoms with Gasteiger partial charge in [-0.05, 0) is 24.3 Å². The van der Waals surface area contributed by atoms with Crippen molar-refractivity contribution in [3.63, 3.8) is 0 Å². The molecule has 0 saturated heterocycles. The second kappa shape index (κ2) is 17.2. The Bertz CT molecular complexity index is 401. The molecular weight excluding hydrogens is 301 g/mol. The first kappa shape index (κ1) is 25.2. The molecule has 2 aromatic rings. The Morgan fingerprint density at radius 3 is 1.00 bits per heavy atom. The standard InChI is InChI=1S/2C6H6O.2Na.H3O3P/c2*7-6-4-2-1-3-5-6;;;1-4(2)3/h2*1-5,7H;;;4H,(H2,1,2,3)/q;;2*+1;/p-2. The van der Waals surface area contributed by atoms with Crippen molar-refractivity contribution in [2.45, 2.75) is 0 Å². The van der Waals surface area contributed by atoms with Gasteiger partial charge in [0.15, 0.2) is 0 Å². The van der Waals surface area contributed by atoms with E-state index in [0.717, 1.165) is 0 Å². The van der Waals surface area contributed by atoms with Crippen LogP contribution in [0, 0.1) is 0 Å². The minimum absolute atomic E-state index is 0. The molecule has 0 spiro atoms. The van der Waals surface area contributed by atoms with Crippen LogP contribution in [-0.2, 0) is 4.57 Å². The van der Waals surface area contributed by atoms with Gasteiger partial charge >= 0.3 is 59.1 Å². The van der Waals surface area contributed by atoms with Gasteiger partial charge in [-0.3, -0.25) is 0 Å². The fourth-order valence-corrected chi connectivity index (χ4v) is 0.856. The number of phenols is 2. The average molecular weight is 314 g/mol. The molecule has 0 aliphatic rings. The van der Waals surface area contributed by atoms with Crippen molar-refractivity contribution in [1.29, 1.82) is 0 Å². The third-order valence-electron chi connectivity index (χ3n) is 1.51. The minimum atomic E-state index is -3.63. The molecule has 2 N–H and O–H groups in total. The smallest absolute Gasteiger partial charge is 0.813 e. The van der Waals surface area contributed by atoms with Gasteiger partial charge in [-0.2, -0.15) is 0 Å². The zero-order chi connectivity index (χ0) is 13.8. The summed E-state index contributed by atoms with van der Waals surface area (Å²) in [4.78, 5) is 17.0. The molecule has 0 fully saturated rings. The van der Waals surface area contributed by atoms with Crippen LogP contribution in [0.2, 0.25) is 0 Å². The number of aromatic hydroxyl groups is 2. The zero-order valence-corrected chi connectivity index (χ0v) is 16.4. The monoisotopic (exact) mass is 314 g/mol. The van der Waals surface area contributed by atoms with Crippen LogP contribution in [0.25, 0.3) is 0 Å². The van der Waals surface area contributed by atoms with Crippen LogP contribution >= 0.6 is 8.25 Å². The van der Waals surface area contributed by atoms with Gasteiger partial charge in [0.05, 0.1) is 0 Å². The predicted molar refractivity (Wildman–Crippen MR) is 65.2 cm³/mol. The number of hydrogen-bond acceptors (Lipinski definition) is 5. The molecule has 8 heteroatoms. The number of para-hydroxylation sites is 2. The van der Waals surface area contributed by atoms with Crippen molar-refractivity contribution in [3.05, 3.63) is 60.7 Å². The maximum Gasteiger partial charge on any atom is 1.00 e. The van der Waals surface area contributed by atoms with Crippen LogP contribution < -0.4 is 68.9 Å². The first-order valence-electron chi connectivity index (χ1n) is 4.88. The molecule has 0 radical (unpaired) electrons. The van der Waals surface area contributed by atoms with E-state index in [4.69, 9.17) is 24.6 Å². The van der Waals surface area contributed by atoms with Crippen molar-refractivity contribution in [2.24, 2.45) is 0 Å². The van der Waals surface area contributed by atoms with E-state index in [1.54, 1.807) is 48.5 Å². The number of rotatable bonds is 0. The van der Waals surface area contributed by atoms with Gasteiger partial charge in [-0.1, -0.05) is 44.7 Å². The van der Waals surface area contributed by atoms with Crippen molar-refractivity contribution in [1.82, 2.24) is 0 Å². The molecule has 0 aliphatic carbocycles. The molecule has 2 aromatic carbocycles. The fraction of sp³-hybridized carbons (Fsp3) is 0. The molecule has 0 aliphatic heterocycles. The molecule has 98 valence electrons. The molecule has 0 heterocycles. The maximum atomic E-state index is 8.63. The zero-order valence-electron chi connectivity index (χ0n) is 11.4. The molecular formula is C12H13Na2O5P. The molecule has 0 unspecified atom stereocenters. The average Bonchev–Trinajstić information content (AvgIpc) is 2.31. The summed E-state index contributed by atoms with van der Waals surface area (Å²) in [6, 6.07) is 17.4.